The average molecular weight is 520 g/mol. The molecule has 9 heteroatoms. The number of ether oxygens (including phenoxy) is 4. The van der Waals surface area contributed by atoms with Crippen LogP contribution in [0.2, 0.25) is 0 Å². The number of esters is 1. The zero-order chi connectivity index (χ0) is 27.0. The average Bonchev–Trinajstić information content (AvgIpc) is 3.62. The minimum absolute atomic E-state index is 0.0174. The molecule has 0 saturated carbocycles. The first kappa shape index (κ1) is 29.2. The number of epoxide rings is 1. The van der Waals surface area contributed by atoms with E-state index in [0.29, 0.717) is 32.6 Å². The van der Waals surface area contributed by atoms with Gasteiger partial charge in [-0.1, -0.05) is 23.8 Å². The molecule has 7 atom stereocenters. The number of ketones is 1. The second-order valence-corrected chi connectivity index (χ2v) is 10.3. The molecule has 2 N–H and O–H groups in total. The molecule has 0 aromatic rings. The van der Waals surface area contributed by atoms with Gasteiger partial charge in [-0.05, 0) is 51.2 Å². The van der Waals surface area contributed by atoms with E-state index < -0.39 is 23.8 Å². The van der Waals surface area contributed by atoms with E-state index in [1.165, 1.54) is 19.9 Å². The van der Waals surface area contributed by atoms with Crippen molar-refractivity contribution in [1.82, 2.24) is 5.32 Å². The maximum absolute atomic E-state index is 12.5. The van der Waals surface area contributed by atoms with Crippen molar-refractivity contribution in [2.24, 2.45) is 5.92 Å². The smallest absolute Gasteiger partial charge is 0.303 e. The van der Waals surface area contributed by atoms with Gasteiger partial charge in [0.25, 0.3) is 0 Å². The van der Waals surface area contributed by atoms with Gasteiger partial charge in [0.1, 0.15) is 23.9 Å². The van der Waals surface area contributed by atoms with Crippen molar-refractivity contribution >= 4 is 17.7 Å². The number of hydrogen-bond donors (Lipinski definition) is 2. The van der Waals surface area contributed by atoms with Crippen LogP contribution in [-0.4, -0.2) is 78.6 Å². The Balaban J connectivity index is 1.52. The lowest BCUT2D eigenvalue weighted by Gasteiger charge is -2.36. The first-order valence-corrected chi connectivity index (χ1v) is 13.1. The third-order valence-electron chi connectivity index (χ3n) is 7.13. The number of carbonyl (C=O) groups is 3. The maximum Gasteiger partial charge on any atom is 0.303 e. The van der Waals surface area contributed by atoms with Crippen molar-refractivity contribution in [2.75, 3.05) is 19.8 Å². The predicted octanol–water partition coefficient (Wildman–Crippen LogP) is 2.56. The van der Waals surface area contributed by atoms with E-state index in [4.69, 9.17) is 18.9 Å². The number of rotatable bonds is 11. The molecule has 3 fully saturated rings. The van der Waals surface area contributed by atoms with Gasteiger partial charge in [-0.3, -0.25) is 14.4 Å². The summed E-state index contributed by atoms with van der Waals surface area (Å²) in [6.45, 7) is 8.00. The zero-order valence-corrected chi connectivity index (χ0v) is 22.3. The second kappa shape index (κ2) is 13.5. The van der Waals surface area contributed by atoms with Gasteiger partial charge in [-0.2, -0.15) is 0 Å². The number of amides is 1. The Morgan fingerprint density at radius 1 is 1.19 bits per heavy atom. The number of aliphatic hydroxyl groups is 1. The largest absolute Gasteiger partial charge is 0.459 e. The summed E-state index contributed by atoms with van der Waals surface area (Å²) in [4.78, 5) is 35.1. The Morgan fingerprint density at radius 3 is 2.62 bits per heavy atom. The molecular weight excluding hydrogens is 478 g/mol. The topological polar surface area (TPSA) is 124 Å². The molecule has 3 aliphatic heterocycles. The highest BCUT2D eigenvalue weighted by Gasteiger charge is 2.55. The molecule has 1 unspecified atom stereocenters. The number of carbonyl (C=O) groups excluding carboxylic acids is 3. The molecule has 0 aromatic carbocycles. The van der Waals surface area contributed by atoms with E-state index in [1.807, 2.05) is 19.1 Å². The Hall–Kier alpha value is -2.33. The Bertz CT molecular complexity index is 906. The summed E-state index contributed by atoms with van der Waals surface area (Å²) in [6, 6.07) is 0. The van der Waals surface area contributed by atoms with Crippen LogP contribution < -0.4 is 5.32 Å². The molecule has 0 aliphatic carbocycles. The van der Waals surface area contributed by atoms with E-state index in [0.717, 1.165) is 24.8 Å². The predicted molar refractivity (Wildman–Crippen MR) is 137 cm³/mol. The molecule has 0 aromatic heterocycles. The summed E-state index contributed by atoms with van der Waals surface area (Å²) >= 11 is 0. The van der Waals surface area contributed by atoms with Crippen LogP contribution in [0.4, 0.5) is 0 Å². The molecule has 1 spiro atoms. The van der Waals surface area contributed by atoms with Crippen LogP contribution in [-0.2, 0) is 33.3 Å². The van der Waals surface area contributed by atoms with Gasteiger partial charge in [-0.15, -0.1) is 0 Å². The van der Waals surface area contributed by atoms with Crippen molar-refractivity contribution in [3.05, 3.63) is 36.0 Å². The first-order chi connectivity index (χ1) is 17.6. The third-order valence-corrected chi connectivity index (χ3v) is 7.13. The van der Waals surface area contributed by atoms with Gasteiger partial charge < -0.3 is 29.4 Å². The normalized spacial score (nSPS) is 33.0. The molecule has 0 bridgehead atoms. The van der Waals surface area contributed by atoms with Crippen LogP contribution in [0.25, 0.3) is 0 Å². The van der Waals surface area contributed by atoms with Crippen molar-refractivity contribution < 1.29 is 38.4 Å². The lowest BCUT2D eigenvalue weighted by Crippen LogP contribution is -2.46. The standard InChI is InChI=1S/C28H41NO8/c1-18(6-12-25-27(33)28(17-35-28)13-14-34-25)5-10-24-11-8-22(26(37-24)16-29-20(3)30)15-23(32)9-7-19(2)36-21(4)31/h5-7,9,12,19,22,24-27,33H,8,10-11,13-17H2,1-4H3,(H,29,30)/b9-7-,12-6+,18-5+/t19-,22-,24-,25?,26+,27+,28+/m0/s1. The minimum atomic E-state index is -0.652. The lowest BCUT2D eigenvalue weighted by atomic mass is 9.86. The summed E-state index contributed by atoms with van der Waals surface area (Å²) in [5, 5.41) is 13.3. The van der Waals surface area contributed by atoms with Crippen LogP contribution in [0.5, 0.6) is 0 Å². The number of allylic oxidation sites excluding steroid dienone is 3. The van der Waals surface area contributed by atoms with Gasteiger partial charge >= 0.3 is 5.97 Å². The van der Waals surface area contributed by atoms with E-state index in [9.17, 15) is 19.5 Å². The van der Waals surface area contributed by atoms with Crippen molar-refractivity contribution in [1.29, 1.82) is 0 Å². The van der Waals surface area contributed by atoms with E-state index in [1.54, 1.807) is 13.0 Å². The molecule has 37 heavy (non-hydrogen) atoms. The van der Waals surface area contributed by atoms with Gasteiger partial charge in [0.2, 0.25) is 5.91 Å². The Labute approximate surface area is 219 Å². The van der Waals surface area contributed by atoms with Gasteiger partial charge in [0.05, 0.1) is 25.4 Å². The molecule has 3 rings (SSSR count). The van der Waals surface area contributed by atoms with Gasteiger partial charge in [-0.25, -0.2) is 0 Å². The Kier molecular flexibility index (Phi) is 10.6. The monoisotopic (exact) mass is 519 g/mol. The molecule has 9 nitrogen and oxygen atoms in total. The fraction of sp³-hybridized carbons (Fsp3) is 0.679. The van der Waals surface area contributed by atoms with Crippen molar-refractivity contribution in [3.63, 3.8) is 0 Å². The number of hydrogen-bond acceptors (Lipinski definition) is 8. The summed E-state index contributed by atoms with van der Waals surface area (Å²) in [7, 11) is 0. The van der Waals surface area contributed by atoms with Crippen molar-refractivity contribution in [3.8, 4) is 0 Å². The van der Waals surface area contributed by atoms with Crippen LogP contribution in [0.1, 0.15) is 59.8 Å². The first-order valence-electron chi connectivity index (χ1n) is 13.1. The molecule has 1 amide bonds. The quantitative estimate of drug-likeness (QED) is 0.185. The van der Waals surface area contributed by atoms with E-state index >= 15 is 0 Å². The third kappa shape index (κ3) is 9.17. The van der Waals surface area contributed by atoms with Crippen molar-refractivity contribution in [2.45, 2.75) is 95.9 Å². The highest BCUT2D eigenvalue weighted by Crippen LogP contribution is 2.40. The summed E-state index contributed by atoms with van der Waals surface area (Å²) in [5.74, 6) is -0.619. The van der Waals surface area contributed by atoms with Gasteiger partial charge in [0.15, 0.2) is 5.78 Å². The minimum Gasteiger partial charge on any atom is -0.459 e. The van der Waals surface area contributed by atoms with E-state index in [2.05, 4.69) is 11.4 Å². The highest BCUT2D eigenvalue weighted by atomic mass is 16.6. The molecular formula is C28H41NO8. The zero-order valence-electron chi connectivity index (χ0n) is 22.3. The molecule has 3 aliphatic rings. The van der Waals surface area contributed by atoms with Crippen LogP contribution in [0, 0.1) is 5.92 Å². The maximum atomic E-state index is 12.5. The molecule has 3 saturated heterocycles. The van der Waals surface area contributed by atoms with Crippen LogP contribution in [0.15, 0.2) is 36.0 Å². The SMILES string of the molecule is CC(=O)NC[C@H]1O[C@@H](C/C=C(C)/C=C/C2OCC[C@@]3(CO3)[C@@H]2O)CC[C@H]1CC(=O)/C=C\[C@H](C)OC(C)=O. The number of aliphatic hydroxyl groups excluding tert-OH is 1. The highest BCUT2D eigenvalue weighted by molar-refractivity contribution is 5.90. The molecule has 206 valence electrons. The second-order valence-electron chi connectivity index (χ2n) is 10.3. The van der Waals surface area contributed by atoms with Crippen LogP contribution in [0.3, 0.4) is 0 Å². The molecule has 0 radical (unpaired) electrons. The summed E-state index contributed by atoms with van der Waals surface area (Å²) in [5.41, 5.74) is 0.622. The summed E-state index contributed by atoms with van der Waals surface area (Å²) in [6.07, 6.45) is 10.5. The number of nitrogens with one attached hydrogen (secondary N) is 1. The fourth-order valence-corrected chi connectivity index (χ4v) is 4.86. The van der Waals surface area contributed by atoms with E-state index in [-0.39, 0.29) is 35.9 Å². The summed E-state index contributed by atoms with van der Waals surface area (Å²) < 4.78 is 22.5. The van der Waals surface area contributed by atoms with Gasteiger partial charge in [0, 0.05) is 33.2 Å². The molecule has 3 heterocycles. The van der Waals surface area contributed by atoms with Crippen LogP contribution >= 0.6 is 0 Å². The Morgan fingerprint density at radius 2 is 1.95 bits per heavy atom. The fourth-order valence-electron chi connectivity index (χ4n) is 4.86. The lowest BCUT2D eigenvalue weighted by molar-refractivity contribution is -0.143.